The van der Waals surface area contributed by atoms with Gasteiger partial charge in [-0.1, -0.05) is 13.0 Å². The van der Waals surface area contributed by atoms with Crippen LogP contribution in [0.15, 0.2) is 39.7 Å². The Labute approximate surface area is 167 Å². The van der Waals surface area contributed by atoms with Crippen LogP contribution in [0.3, 0.4) is 0 Å². The van der Waals surface area contributed by atoms with Gasteiger partial charge in [-0.2, -0.15) is 4.39 Å². The topological polar surface area (TPSA) is 72.2 Å². The van der Waals surface area contributed by atoms with E-state index in [0.717, 1.165) is 12.1 Å². The summed E-state index contributed by atoms with van der Waals surface area (Å²) >= 11 is 4.70. The largest absolute Gasteiger partial charge is 0.320 e. The number of nitro benzene ring substituents is 1. The van der Waals surface area contributed by atoms with Crippen LogP contribution in [0.25, 0.3) is 0 Å². The van der Waals surface area contributed by atoms with Crippen molar-refractivity contribution in [1.29, 1.82) is 0 Å². The molecule has 5 nitrogen and oxygen atoms in total. The molecule has 1 amide bonds. The van der Waals surface area contributed by atoms with Crippen molar-refractivity contribution in [1.82, 2.24) is 0 Å². The summed E-state index contributed by atoms with van der Waals surface area (Å²) in [5, 5.41) is 13.4. The van der Waals surface area contributed by atoms with Gasteiger partial charge in [0.2, 0.25) is 5.82 Å². The molecular weight excluding hydrogens is 442 g/mol. The highest BCUT2D eigenvalue weighted by molar-refractivity contribution is 9.10. The van der Waals surface area contributed by atoms with Crippen molar-refractivity contribution < 1.29 is 18.5 Å². The van der Waals surface area contributed by atoms with E-state index < -0.39 is 33.6 Å². The summed E-state index contributed by atoms with van der Waals surface area (Å²) in [5.41, 5.74) is -2.03. The van der Waals surface area contributed by atoms with Gasteiger partial charge in [-0.15, -0.1) is 11.8 Å². The van der Waals surface area contributed by atoms with Crippen LogP contribution in [-0.4, -0.2) is 16.6 Å². The fraction of sp³-hybridized carbons (Fsp3) is 0.278. The molecule has 0 radical (unpaired) electrons. The molecular formula is C18H17BrF2N2O3S. The van der Waals surface area contributed by atoms with Gasteiger partial charge in [0.15, 0.2) is 0 Å². The lowest BCUT2D eigenvalue weighted by atomic mass is 10.00. The molecule has 0 bridgehead atoms. The van der Waals surface area contributed by atoms with Gasteiger partial charge in [0.1, 0.15) is 5.67 Å². The van der Waals surface area contributed by atoms with Gasteiger partial charge >= 0.3 is 5.69 Å². The summed E-state index contributed by atoms with van der Waals surface area (Å²) in [6.07, 6.45) is 0. The Morgan fingerprint density at radius 3 is 2.59 bits per heavy atom. The molecule has 2 aromatic carbocycles. The van der Waals surface area contributed by atoms with Crippen LogP contribution < -0.4 is 5.32 Å². The van der Waals surface area contributed by atoms with Crippen LogP contribution in [0.2, 0.25) is 0 Å². The van der Waals surface area contributed by atoms with Crippen molar-refractivity contribution in [2.45, 2.75) is 31.3 Å². The van der Waals surface area contributed by atoms with E-state index in [1.54, 1.807) is 12.1 Å². The van der Waals surface area contributed by atoms with Gasteiger partial charge in [-0.3, -0.25) is 14.9 Å². The number of amides is 1. The number of carbonyl (C=O) groups is 1. The molecule has 1 N–H and O–H groups in total. The van der Waals surface area contributed by atoms with E-state index in [4.69, 9.17) is 0 Å². The van der Waals surface area contributed by atoms with Crippen molar-refractivity contribution in [2.24, 2.45) is 0 Å². The number of carbonyl (C=O) groups excluding carboxylic acids is 1. The smallest absolute Gasteiger partial charge is 0.305 e. The molecule has 0 heterocycles. The number of anilines is 1. The maximum absolute atomic E-state index is 14.3. The van der Waals surface area contributed by atoms with Gasteiger partial charge in [0, 0.05) is 15.4 Å². The molecule has 9 heteroatoms. The number of alkyl halides is 1. The van der Waals surface area contributed by atoms with E-state index in [2.05, 4.69) is 21.2 Å². The zero-order valence-electron chi connectivity index (χ0n) is 14.8. The highest BCUT2D eigenvalue weighted by atomic mass is 79.9. The fourth-order valence-corrected chi connectivity index (χ4v) is 3.85. The zero-order chi connectivity index (χ0) is 20.4. The number of rotatable bonds is 6. The maximum Gasteiger partial charge on any atom is 0.305 e. The molecule has 0 aliphatic heterocycles. The molecule has 0 atom stereocenters. The molecule has 0 aliphatic carbocycles. The van der Waals surface area contributed by atoms with E-state index in [1.807, 2.05) is 6.92 Å². The van der Waals surface area contributed by atoms with Crippen molar-refractivity contribution in [3.8, 4) is 0 Å². The van der Waals surface area contributed by atoms with Crippen LogP contribution in [0.4, 0.5) is 20.2 Å². The fourth-order valence-electron chi connectivity index (χ4n) is 2.33. The molecule has 2 aromatic rings. The lowest BCUT2D eigenvalue weighted by molar-refractivity contribution is -0.387. The Balaban J connectivity index is 2.46. The van der Waals surface area contributed by atoms with E-state index in [0.29, 0.717) is 26.4 Å². The van der Waals surface area contributed by atoms with Crippen LogP contribution >= 0.6 is 27.7 Å². The van der Waals surface area contributed by atoms with Crippen molar-refractivity contribution in [2.75, 3.05) is 11.1 Å². The first-order valence-corrected chi connectivity index (χ1v) is 9.74. The number of benzene rings is 2. The number of hydrogen-bond donors (Lipinski definition) is 1. The minimum absolute atomic E-state index is 0.353. The average Bonchev–Trinajstić information content (AvgIpc) is 2.56. The molecule has 27 heavy (non-hydrogen) atoms. The van der Waals surface area contributed by atoms with Crippen LogP contribution in [0.5, 0.6) is 0 Å². The molecule has 0 saturated heterocycles. The normalized spacial score (nSPS) is 11.3. The standard InChI is InChI=1S/C18H17BrF2N2O3S/c1-4-27-14-9-10(18(2,3)21)8-12(19)16(14)22-17(24)11-6-5-7-13(15(11)20)23(25)26/h5-9H,4H2,1-3H3,(H,22,24). The Bertz CT molecular complexity index is 901. The summed E-state index contributed by atoms with van der Waals surface area (Å²) in [6, 6.07) is 6.55. The van der Waals surface area contributed by atoms with Gasteiger partial charge < -0.3 is 5.32 Å². The van der Waals surface area contributed by atoms with Gasteiger partial charge in [0.25, 0.3) is 5.91 Å². The summed E-state index contributed by atoms with van der Waals surface area (Å²) < 4.78 is 29.0. The second-order valence-electron chi connectivity index (χ2n) is 6.09. The lowest BCUT2D eigenvalue weighted by Gasteiger charge is -2.20. The molecule has 144 valence electrons. The predicted octanol–water partition coefficient (Wildman–Crippen LogP) is 6.07. The number of halogens is 3. The van der Waals surface area contributed by atoms with E-state index in [9.17, 15) is 23.7 Å². The third kappa shape index (κ3) is 4.84. The number of nitrogens with one attached hydrogen (secondary N) is 1. The molecule has 0 aromatic heterocycles. The zero-order valence-corrected chi connectivity index (χ0v) is 17.2. The quantitative estimate of drug-likeness (QED) is 0.324. The van der Waals surface area contributed by atoms with Crippen molar-refractivity contribution in [3.63, 3.8) is 0 Å². The third-order valence-electron chi connectivity index (χ3n) is 3.70. The van der Waals surface area contributed by atoms with Crippen LogP contribution in [0.1, 0.15) is 36.7 Å². The summed E-state index contributed by atoms with van der Waals surface area (Å²) in [5.74, 6) is -1.37. The summed E-state index contributed by atoms with van der Waals surface area (Å²) in [4.78, 5) is 23.1. The average molecular weight is 459 g/mol. The number of thioether (sulfide) groups is 1. The first-order valence-electron chi connectivity index (χ1n) is 7.96. The lowest BCUT2D eigenvalue weighted by Crippen LogP contribution is -2.16. The second kappa shape index (κ2) is 8.35. The molecule has 0 aliphatic rings. The van der Waals surface area contributed by atoms with Gasteiger partial charge in [-0.05, 0) is 59.3 Å². The minimum atomic E-state index is -1.58. The highest BCUT2D eigenvalue weighted by Crippen LogP contribution is 2.39. The number of nitro groups is 1. The van der Waals surface area contributed by atoms with E-state index >= 15 is 0 Å². The van der Waals surface area contributed by atoms with E-state index in [-0.39, 0.29) is 0 Å². The molecule has 0 spiro atoms. The Morgan fingerprint density at radius 2 is 2.04 bits per heavy atom. The second-order valence-corrected chi connectivity index (χ2v) is 8.25. The van der Waals surface area contributed by atoms with Gasteiger partial charge in [-0.25, -0.2) is 4.39 Å². The van der Waals surface area contributed by atoms with Crippen LogP contribution in [0, 0.1) is 15.9 Å². The number of hydrogen-bond acceptors (Lipinski definition) is 4. The van der Waals surface area contributed by atoms with E-state index in [1.165, 1.54) is 31.7 Å². The SMILES string of the molecule is CCSc1cc(C(C)(C)F)cc(Br)c1NC(=O)c1cccc([N+](=O)[O-])c1F. The minimum Gasteiger partial charge on any atom is -0.320 e. The predicted molar refractivity (Wildman–Crippen MR) is 106 cm³/mol. The third-order valence-corrected chi connectivity index (χ3v) is 5.25. The maximum atomic E-state index is 14.3. The van der Waals surface area contributed by atoms with Gasteiger partial charge in [0.05, 0.1) is 16.2 Å². The Morgan fingerprint density at radius 1 is 1.37 bits per heavy atom. The first kappa shape index (κ1) is 21.3. The molecule has 2 rings (SSSR count). The summed E-state index contributed by atoms with van der Waals surface area (Å²) in [6.45, 7) is 4.75. The summed E-state index contributed by atoms with van der Waals surface area (Å²) in [7, 11) is 0. The van der Waals surface area contributed by atoms with Crippen molar-refractivity contribution in [3.05, 3.63) is 61.9 Å². The molecule has 0 unspecified atom stereocenters. The highest BCUT2D eigenvalue weighted by Gasteiger charge is 2.25. The number of nitrogens with zero attached hydrogens (tertiary/aromatic N) is 1. The van der Waals surface area contributed by atoms with Crippen LogP contribution in [-0.2, 0) is 5.67 Å². The monoisotopic (exact) mass is 458 g/mol. The molecule has 0 fully saturated rings. The van der Waals surface area contributed by atoms with Crippen molar-refractivity contribution >= 4 is 45.0 Å². The molecule has 0 saturated carbocycles. The first-order chi connectivity index (χ1) is 12.6. The Kier molecular flexibility index (Phi) is 6.59. The Hall–Kier alpha value is -2.00.